The molecule has 0 fully saturated rings. The van der Waals surface area contributed by atoms with E-state index in [-0.39, 0.29) is 0 Å². The molecular formula is C56H62BrN3Si2. The molecule has 316 valence electrons. The van der Waals surface area contributed by atoms with Crippen molar-refractivity contribution in [2.75, 3.05) is 29.4 Å². The average Bonchev–Trinajstić information content (AvgIpc) is 3.28. The maximum absolute atomic E-state index is 5.43. The number of halogens is 1. The van der Waals surface area contributed by atoms with Gasteiger partial charge in [-0.1, -0.05) is 145 Å². The summed E-state index contributed by atoms with van der Waals surface area (Å²) in [5.74, 6) is 11.8. The lowest BCUT2D eigenvalue weighted by Crippen LogP contribution is -2.21. The lowest BCUT2D eigenvalue weighted by molar-refractivity contribution is 0.321. The SMILES string of the molecule is C#Cc1ccc(N(c2ccccc2)c2ccccc2)cc1.CCN(CC)CC.C[Si](C)(C)C#CBr.C[Si](C)(C)C#CC#Cc1ccc(N(c2ccccc2)c2ccccc2)cc1. The zero-order valence-corrected chi connectivity index (χ0v) is 41.7. The summed E-state index contributed by atoms with van der Waals surface area (Å²) in [5, 5.41) is 0. The molecular weight excluding hydrogens is 851 g/mol. The van der Waals surface area contributed by atoms with Crippen LogP contribution < -0.4 is 9.80 Å². The topological polar surface area (TPSA) is 9.72 Å². The molecule has 0 saturated carbocycles. The molecule has 6 aromatic carbocycles. The minimum absolute atomic E-state index is 0.889. The van der Waals surface area contributed by atoms with E-state index in [4.69, 9.17) is 6.42 Å². The van der Waals surface area contributed by atoms with Crippen molar-refractivity contribution in [2.24, 2.45) is 0 Å². The molecule has 0 bridgehead atoms. The minimum Gasteiger partial charge on any atom is -0.311 e. The molecule has 0 aliphatic carbocycles. The van der Waals surface area contributed by atoms with E-state index in [1.807, 2.05) is 60.7 Å². The molecule has 0 radical (unpaired) electrons. The third kappa shape index (κ3) is 18.7. The Morgan fingerprint density at radius 2 is 0.726 bits per heavy atom. The number of nitrogens with zero attached hydrogens (tertiary/aromatic N) is 3. The molecule has 0 spiro atoms. The minimum atomic E-state index is -1.36. The van der Waals surface area contributed by atoms with Crippen LogP contribution in [0.1, 0.15) is 31.9 Å². The van der Waals surface area contributed by atoms with Gasteiger partial charge < -0.3 is 14.7 Å². The Morgan fingerprint density at radius 3 is 0.968 bits per heavy atom. The molecule has 3 nitrogen and oxygen atoms in total. The Labute approximate surface area is 385 Å². The lowest BCUT2D eigenvalue weighted by Gasteiger charge is -2.25. The second-order valence-electron chi connectivity index (χ2n) is 16.1. The van der Waals surface area contributed by atoms with Crippen LogP contribution in [0.3, 0.4) is 0 Å². The summed E-state index contributed by atoms with van der Waals surface area (Å²) in [6.45, 7) is 23.4. The summed E-state index contributed by atoms with van der Waals surface area (Å²) in [6.07, 6.45) is 5.43. The molecule has 6 heteroatoms. The summed E-state index contributed by atoms with van der Waals surface area (Å²) in [7, 11) is -2.43. The monoisotopic (exact) mass is 911 g/mol. The van der Waals surface area contributed by atoms with Gasteiger partial charge in [-0.15, -0.1) is 17.5 Å². The third-order valence-corrected chi connectivity index (χ3v) is 11.3. The molecule has 0 aliphatic rings. The molecule has 0 N–H and O–H groups in total. The van der Waals surface area contributed by atoms with Crippen LogP contribution in [0.5, 0.6) is 0 Å². The second kappa shape index (κ2) is 27.1. The van der Waals surface area contributed by atoms with E-state index in [9.17, 15) is 0 Å². The predicted octanol–water partition coefficient (Wildman–Crippen LogP) is 15.1. The fourth-order valence-corrected chi connectivity index (χ4v) is 8.24. The quantitative estimate of drug-likeness (QED) is 0.106. The smallest absolute Gasteiger partial charge is 0.130 e. The van der Waals surface area contributed by atoms with Gasteiger partial charge in [-0.2, -0.15) is 0 Å². The summed E-state index contributed by atoms with van der Waals surface area (Å²) in [5.41, 5.74) is 14.9. The first kappa shape index (κ1) is 50.4. The van der Waals surface area contributed by atoms with Crippen molar-refractivity contribution < 1.29 is 0 Å². The van der Waals surface area contributed by atoms with Crippen LogP contribution in [0.2, 0.25) is 39.3 Å². The van der Waals surface area contributed by atoms with Gasteiger partial charge >= 0.3 is 0 Å². The first-order valence-corrected chi connectivity index (χ1v) is 29.0. The molecule has 0 amide bonds. The highest BCUT2D eigenvalue weighted by molar-refractivity contribution is 9.12. The number of rotatable bonds is 9. The number of benzene rings is 6. The summed E-state index contributed by atoms with van der Waals surface area (Å²) < 4.78 is 0. The highest BCUT2D eigenvalue weighted by atomic mass is 79.9. The maximum Gasteiger partial charge on any atom is 0.130 e. The fourth-order valence-electron chi connectivity index (χ4n) is 5.74. The van der Waals surface area contributed by atoms with Crippen LogP contribution in [0.25, 0.3) is 0 Å². The fraction of sp³-hybridized carbons (Fsp3) is 0.214. The summed E-state index contributed by atoms with van der Waals surface area (Å²) in [6, 6.07) is 57.7. The van der Waals surface area contributed by atoms with E-state index in [0.717, 1.165) is 45.3 Å². The van der Waals surface area contributed by atoms with Gasteiger partial charge in [0, 0.05) is 61.2 Å². The van der Waals surface area contributed by atoms with Crippen molar-refractivity contribution in [1.82, 2.24) is 4.90 Å². The lowest BCUT2D eigenvalue weighted by atomic mass is 10.1. The number of para-hydroxylation sites is 4. The molecule has 0 aromatic heterocycles. The largest absolute Gasteiger partial charge is 0.311 e. The van der Waals surface area contributed by atoms with Crippen molar-refractivity contribution in [1.29, 1.82) is 0 Å². The van der Waals surface area contributed by atoms with E-state index >= 15 is 0 Å². The van der Waals surface area contributed by atoms with Gasteiger partial charge in [0.2, 0.25) is 0 Å². The Balaban J connectivity index is 0.000000257. The Bertz CT molecular complexity index is 2310. The van der Waals surface area contributed by atoms with Crippen molar-refractivity contribution in [3.05, 3.63) is 181 Å². The third-order valence-electron chi connectivity index (χ3n) is 8.95. The first-order chi connectivity index (χ1) is 29.8. The van der Waals surface area contributed by atoms with Gasteiger partial charge in [0.15, 0.2) is 0 Å². The van der Waals surface area contributed by atoms with Crippen molar-refractivity contribution in [2.45, 2.75) is 60.1 Å². The molecule has 6 aromatic rings. The van der Waals surface area contributed by atoms with E-state index in [1.54, 1.807) is 0 Å². The Morgan fingerprint density at radius 1 is 0.419 bits per heavy atom. The number of hydrogen-bond acceptors (Lipinski definition) is 3. The zero-order chi connectivity index (χ0) is 45.2. The standard InChI is InChI=1S/C25H23NSi.C20H15N.C6H15N.C5H9BrSi/c1-27(2,3)21-11-10-12-22-17-19-25(20-18-22)26(23-13-6-4-7-14-23)24-15-8-5-9-16-24;1-2-17-13-15-20(16-14-17)21(18-9-5-3-6-10-18)19-11-7-4-8-12-19;1-4-7(5-2)6-3;1-7(2,3)5-4-6/h4-9,13-20H,1-3H3;1,3-16H;4-6H2,1-3H3;1-3H3. The van der Waals surface area contributed by atoms with Gasteiger partial charge in [0.1, 0.15) is 16.1 Å². The van der Waals surface area contributed by atoms with E-state index in [0.29, 0.717) is 0 Å². The number of hydrogen-bond donors (Lipinski definition) is 0. The van der Waals surface area contributed by atoms with Crippen LogP contribution in [0, 0.1) is 46.0 Å². The molecule has 0 aliphatic heterocycles. The maximum atomic E-state index is 5.43. The Kier molecular flexibility index (Phi) is 22.0. The highest BCUT2D eigenvalue weighted by Gasteiger charge is 2.13. The molecule has 0 heterocycles. The van der Waals surface area contributed by atoms with E-state index < -0.39 is 16.1 Å². The van der Waals surface area contributed by atoms with Gasteiger partial charge in [-0.05, 0) is 133 Å². The average molecular weight is 913 g/mol. The molecule has 0 saturated heterocycles. The first-order valence-electron chi connectivity index (χ1n) is 21.2. The molecule has 62 heavy (non-hydrogen) atoms. The van der Waals surface area contributed by atoms with E-state index in [1.165, 1.54) is 19.6 Å². The van der Waals surface area contributed by atoms with Crippen LogP contribution in [-0.4, -0.2) is 40.7 Å². The van der Waals surface area contributed by atoms with Crippen LogP contribution in [0.15, 0.2) is 170 Å². The van der Waals surface area contributed by atoms with Crippen molar-refractivity contribution in [3.8, 4) is 46.0 Å². The van der Waals surface area contributed by atoms with Crippen molar-refractivity contribution >= 4 is 66.2 Å². The normalized spacial score (nSPS) is 10.0. The zero-order valence-electron chi connectivity index (χ0n) is 38.1. The number of anilines is 6. The van der Waals surface area contributed by atoms with Crippen LogP contribution in [0.4, 0.5) is 34.1 Å². The van der Waals surface area contributed by atoms with E-state index in [2.05, 4.69) is 239 Å². The Hall–Kier alpha value is -5.97. The van der Waals surface area contributed by atoms with Gasteiger partial charge in [-0.3, -0.25) is 0 Å². The van der Waals surface area contributed by atoms with Gasteiger partial charge in [0.25, 0.3) is 0 Å². The summed E-state index contributed by atoms with van der Waals surface area (Å²) >= 11 is 3.06. The van der Waals surface area contributed by atoms with Crippen LogP contribution in [-0.2, 0) is 0 Å². The molecule has 0 atom stereocenters. The molecule has 6 rings (SSSR count). The number of terminal acetylenes is 1. The second-order valence-corrected chi connectivity index (χ2v) is 26.0. The summed E-state index contributed by atoms with van der Waals surface area (Å²) in [4.78, 5) is 9.55. The molecule has 0 unspecified atom stereocenters. The van der Waals surface area contributed by atoms with Gasteiger partial charge in [-0.25, -0.2) is 0 Å². The predicted molar refractivity (Wildman–Crippen MR) is 282 cm³/mol. The van der Waals surface area contributed by atoms with Crippen molar-refractivity contribution in [3.63, 3.8) is 0 Å². The van der Waals surface area contributed by atoms with Gasteiger partial charge in [0.05, 0.1) is 0 Å². The highest BCUT2D eigenvalue weighted by Crippen LogP contribution is 2.35. The van der Waals surface area contributed by atoms with Crippen LogP contribution >= 0.6 is 15.9 Å².